The number of hydrogen-bond acceptors (Lipinski definition) is 5. The number of hydrogen-bond donors (Lipinski definition) is 0. The molecule has 2 heterocycles. The van der Waals surface area contributed by atoms with E-state index >= 15 is 0 Å². The predicted octanol–water partition coefficient (Wildman–Crippen LogP) is 15.1. The van der Waals surface area contributed by atoms with Gasteiger partial charge in [0.15, 0.2) is 40.5 Å². The fraction of sp³-hybridized carbons (Fsp3) is 0.0167. The molecule has 0 bridgehead atoms. The molecule has 0 N–H and O–H groups in total. The Hall–Kier alpha value is -8.67. The summed E-state index contributed by atoms with van der Waals surface area (Å²) >= 11 is 0. The summed E-state index contributed by atoms with van der Waals surface area (Å²) in [5, 5.41) is 4.78. The Morgan fingerprint density at radius 1 is 0.323 bits per heavy atom. The quantitative estimate of drug-likeness (QED) is 0.156. The van der Waals surface area contributed by atoms with Gasteiger partial charge in [0, 0.05) is 22.3 Å². The highest BCUT2D eigenvalue weighted by molar-refractivity contribution is 6.08. The van der Waals surface area contributed by atoms with E-state index in [4.69, 9.17) is 24.4 Å². The van der Waals surface area contributed by atoms with Gasteiger partial charge in [0.2, 0.25) is 0 Å². The third kappa shape index (κ3) is 5.90. The van der Waals surface area contributed by atoms with Crippen LogP contribution in [-0.2, 0) is 5.41 Å². The van der Waals surface area contributed by atoms with Gasteiger partial charge in [0.1, 0.15) is 0 Å². The zero-order chi connectivity index (χ0) is 42.9. The topological polar surface area (TPSA) is 57.1 Å². The Kier molecular flexibility index (Phi) is 8.36. The van der Waals surface area contributed by atoms with Crippen LogP contribution in [0.5, 0.6) is 23.0 Å². The zero-order valence-electron chi connectivity index (χ0n) is 35.0. The molecule has 10 aromatic carbocycles. The van der Waals surface area contributed by atoms with E-state index < -0.39 is 5.41 Å². The first-order valence-electron chi connectivity index (χ1n) is 21.9. The molecule has 0 radical (unpaired) electrons. The Balaban J connectivity index is 0.848. The molecule has 65 heavy (non-hydrogen) atoms. The average Bonchev–Trinajstić information content (AvgIpc) is 3.70. The molecule has 0 spiro atoms. The summed E-state index contributed by atoms with van der Waals surface area (Å²) in [6.07, 6.45) is 0. The summed E-state index contributed by atoms with van der Waals surface area (Å²) in [6.45, 7) is 0. The standard InChI is InChI=1S/C60H37N3O2/c1-4-15-40(16-5-1)57-61-58(63-59(62-57)44-30-32-48-43(36-44)29-26-39-14-10-11-21-47(39)48)41-27-24-38(25-28-41)42-31-34-52-54(37-42)64-53-35-33-51-55(56(53)65-52)49-22-12-13-23-50(49)60(51,45-17-6-2-7-18-45)46-19-8-3-9-20-46/h1-37H. The number of rotatable bonds is 6. The summed E-state index contributed by atoms with van der Waals surface area (Å²) < 4.78 is 13.7. The van der Waals surface area contributed by atoms with Gasteiger partial charge >= 0.3 is 0 Å². The molecule has 1 aliphatic carbocycles. The van der Waals surface area contributed by atoms with E-state index in [0.29, 0.717) is 34.7 Å². The van der Waals surface area contributed by atoms with Crippen molar-refractivity contribution >= 4 is 21.5 Å². The SMILES string of the molecule is c1ccc(-c2nc(-c3ccc(-c4ccc5c(c4)Oc4ccc6c(c4O5)-c4ccccc4C6(c4ccccc4)c4ccccc4)cc3)nc(-c3ccc4c(ccc5ccccc54)c3)n2)cc1. The second-order valence-corrected chi connectivity index (χ2v) is 16.7. The Morgan fingerprint density at radius 3 is 1.63 bits per heavy atom. The van der Waals surface area contributed by atoms with Gasteiger partial charge in [-0.05, 0) is 84.8 Å². The Morgan fingerprint density at radius 2 is 0.877 bits per heavy atom. The van der Waals surface area contributed by atoms with Crippen molar-refractivity contribution in [3.05, 3.63) is 247 Å². The van der Waals surface area contributed by atoms with E-state index in [0.717, 1.165) is 50.1 Å². The van der Waals surface area contributed by atoms with Crippen LogP contribution in [0.4, 0.5) is 0 Å². The maximum atomic E-state index is 6.90. The maximum Gasteiger partial charge on any atom is 0.178 e. The number of benzene rings is 10. The predicted molar refractivity (Wildman–Crippen MR) is 260 cm³/mol. The molecule has 5 heteroatoms. The minimum absolute atomic E-state index is 0.527. The van der Waals surface area contributed by atoms with Gasteiger partial charge in [-0.3, -0.25) is 0 Å². The van der Waals surface area contributed by atoms with Crippen molar-refractivity contribution in [1.29, 1.82) is 0 Å². The summed E-state index contributed by atoms with van der Waals surface area (Å²) in [4.78, 5) is 15.1. The van der Waals surface area contributed by atoms with E-state index in [-0.39, 0.29) is 0 Å². The molecule has 13 rings (SSSR count). The van der Waals surface area contributed by atoms with Crippen LogP contribution in [0.1, 0.15) is 22.3 Å². The molecular formula is C60H37N3O2. The van der Waals surface area contributed by atoms with Crippen LogP contribution in [0.25, 0.3) is 78.0 Å². The lowest BCUT2D eigenvalue weighted by Gasteiger charge is -2.34. The van der Waals surface area contributed by atoms with Gasteiger partial charge in [0.05, 0.1) is 5.41 Å². The second-order valence-electron chi connectivity index (χ2n) is 16.7. The molecule has 5 nitrogen and oxygen atoms in total. The first-order chi connectivity index (χ1) is 32.2. The highest BCUT2D eigenvalue weighted by Gasteiger charge is 2.48. The monoisotopic (exact) mass is 831 g/mol. The van der Waals surface area contributed by atoms with Crippen LogP contribution < -0.4 is 9.47 Å². The Bertz CT molecular complexity index is 3610. The van der Waals surface area contributed by atoms with Crippen molar-refractivity contribution in [3.8, 4) is 79.4 Å². The third-order valence-electron chi connectivity index (χ3n) is 13.1. The van der Waals surface area contributed by atoms with Crippen LogP contribution in [0.15, 0.2) is 224 Å². The molecule has 0 unspecified atom stereocenters. The van der Waals surface area contributed by atoms with Crippen LogP contribution >= 0.6 is 0 Å². The number of aromatic nitrogens is 3. The fourth-order valence-electron chi connectivity index (χ4n) is 10.1. The summed E-state index contributed by atoms with van der Waals surface area (Å²) in [5.41, 5.74) is 11.3. The van der Waals surface area contributed by atoms with Crippen LogP contribution in [0.2, 0.25) is 0 Å². The summed E-state index contributed by atoms with van der Waals surface area (Å²) in [5.74, 6) is 4.62. The summed E-state index contributed by atoms with van der Waals surface area (Å²) in [6, 6.07) is 78.5. The second kappa shape index (κ2) is 14.7. The van der Waals surface area contributed by atoms with Crippen molar-refractivity contribution < 1.29 is 9.47 Å². The first-order valence-corrected chi connectivity index (χ1v) is 21.9. The lowest BCUT2D eigenvalue weighted by molar-refractivity contribution is 0.360. The number of fused-ring (bicyclic) bond motifs is 9. The third-order valence-corrected chi connectivity index (χ3v) is 13.1. The molecule has 0 atom stereocenters. The van der Waals surface area contributed by atoms with E-state index in [9.17, 15) is 0 Å². The molecule has 1 aromatic heterocycles. The normalized spacial score (nSPS) is 13.0. The van der Waals surface area contributed by atoms with Gasteiger partial charge in [0.25, 0.3) is 0 Å². The molecule has 0 fully saturated rings. The minimum atomic E-state index is -0.527. The van der Waals surface area contributed by atoms with E-state index in [2.05, 4.69) is 188 Å². The molecule has 1 aliphatic heterocycles. The average molecular weight is 832 g/mol. The van der Waals surface area contributed by atoms with Gasteiger partial charge in [-0.1, -0.05) is 200 Å². The smallest absolute Gasteiger partial charge is 0.178 e. The number of nitrogens with zero attached hydrogens (tertiary/aromatic N) is 3. The molecule has 0 amide bonds. The van der Waals surface area contributed by atoms with Gasteiger partial charge < -0.3 is 9.47 Å². The van der Waals surface area contributed by atoms with Crippen LogP contribution in [0.3, 0.4) is 0 Å². The van der Waals surface area contributed by atoms with Crippen molar-refractivity contribution in [3.63, 3.8) is 0 Å². The number of ether oxygens (including phenoxy) is 2. The maximum absolute atomic E-state index is 6.90. The molecule has 0 saturated heterocycles. The van der Waals surface area contributed by atoms with Gasteiger partial charge in [-0.15, -0.1) is 0 Å². The molecular weight excluding hydrogens is 795 g/mol. The zero-order valence-corrected chi connectivity index (χ0v) is 35.0. The largest absolute Gasteiger partial charge is 0.449 e. The summed E-state index contributed by atoms with van der Waals surface area (Å²) in [7, 11) is 0. The highest BCUT2D eigenvalue weighted by Crippen LogP contribution is 2.62. The van der Waals surface area contributed by atoms with Crippen molar-refractivity contribution in [2.24, 2.45) is 0 Å². The highest BCUT2D eigenvalue weighted by atomic mass is 16.6. The van der Waals surface area contributed by atoms with Crippen molar-refractivity contribution in [2.75, 3.05) is 0 Å². The van der Waals surface area contributed by atoms with Crippen molar-refractivity contribution in [1.82, 2.24) is 15.0 Å². The van der Waals surface area contributed by atoms with E-state index in [1.807, 2.05) is 36.4 Å². The fourth-order valence-corrected chi connectivity index (χ4v) is 10.1. The van der Waals surface area contributed by atoms with Gasteiger partial charge in [-0.25, -0.2) is 15.0 Å². The van der Waals surface area contributed by atoms with Crippen LogP contribution in [0, 0.1) is 0 Å². The Labute approximate surface area is 375 Å². The minimum Gasteiger partial charge on any atom is -0.449 e. The molecule has 11 aromatic rings. The van der Waals surface area contributed by atoms with E-state index in [1.54, 1.807) is 0 Å². The molecule has 0 saturated carbocycles. The van der Waals surface area contributed by atoms with Crippen molar-refractivity contribution in [2.45, 2.75) is 5.41 Å². The lowest BCUT2D eigenvalue weighted by atomic mass is 9.68. The first kappa shape index (κ1) is 36.9. The molecule has 2 aliphatic rings. The van der Waals surface area contributed by atoms with E-state index in [1.165, 1.54) is 38.4 Å². The van der Waals surface area contributed by atoms with Gasteiger partial charge in [-0.2, -0.15) is 0 Å². The lowest BCUT2D eigenvalue weighted by Crippen LogP contribution is -2.28. The molecule has 304 valence electrons. The van der Waals surface area contributed by atoms with Crippen LogP contribution in [-0.4, -0.2) is 15.0 Å².